The van der Waals surface area contributed by atoms with Gasteiger partial charge >= 0.3 is 6.09 Å². The fourth-order valence-corrected chi connectivity index (χ4v) is 2.33. The molecule has 0 aliphatic rings. The van der Waals surface area contributed by atoms with Crippen molar-refractivity contribution < 1.29 is 26.2 Å². The lowest BCUT2D eigenvalue weighted by Crippen LogP contribution is -2.48. The molecule has 2 aromatic carbocycles. The van der Waals surface area contributed by atoms with Gasteiger partial charge in [-0.05, 0) is 38.3 Å². The molecular formula is C22H29NO4. The summed E-state index contributed by atoms with van der Waals surface area (Å²) in [6.45, 7) is 5.17. The number of ether oxygens (including phenoxy) is 2. The summed E-state index contributed by atoms with van der Waals surface area (Å²) in [7, 11) is 0. The van der Waals surface area contributed by atoms with Gasteiger partial charge in [-0.3, -0.25) is 0 Å². The second kappa shape index (κ2) is 10.1. The third-order valence-corrected chi connectivity index (χ3v) is 3.54. The molecule has 0 fully saturated rings. The van der Waals surface area contributed by atoms with Gasteiger partial charge in [0.15, 0.2) is 0 Å². The van der Waals surface area contributed by atoms with E-state index in [1.807, 2.05) is 30.3 Å². The highest BCUT2D eigenvalue weighted by Gasteiger charge is 2.25. The lowest BCUT2D eigenvalue weighted by molar-refractivity contribution is 0.00278. The van der Waals surface area contributed by atoms with E-state index >= 15 is 0 Å². The van der Waals surface area contributed by atoms with Gasteiger partial charge in [0, 0.05) is 0 Å². The molecule has 5 nitrogen and oxygen atoms in total. The predicted octanol–water partition coefficient (Wildman–Crippen LogP) is 3.70. The number of amides is 1. The van der Waals surface area contributed by atoms with Crippen molar-refractivity contribution in [3.63, 3.8) is 0 Å². The van der Waals surface area contributed by atoms with Crippen LogP contribution in [0.15, 0.2) is 60.5 Å². The van der Waals surface area contributed by atoms with E-state index in [0.29, 0.717) is 0 Å². The van der Waals surface area contributed by atoms with Gasteiger partial charge in [-0.25, -0.2) is 4.79 Å². The van der Waals surface area contributed by atoms with Crippen molar-refractivity contribution in [2.24, 2.45) is 0 Å². The molecule has 2 atom stereocenters. The maximum Gasteiger partial charge on any atom is 0.407 e. The number of carbonyl (C=O) groups excluding carboxylic acids is 1. The molecule has 0 aromatic heterocycles. The summed E-state index contributed by atoms with van der Waals surface area (Å²) in [4.78, 5) is 12.3. The Balaban J connectivity index is 2.21. The minimum absolute atomic E-state index is 0.0147. The lowest BCUT2D eigenvalue weighted by Gasteiger charge is -2.27. The number of aliphatic hydroxyl groups excluding tert-OH is 1. The van der Waals surface area contributed by atoms with E-state index in [-0.39, 0.29) is 37.3 Å². The Hall–Kier alpha value is -2.37. The summed E-state index contributed by atoms with van der Waals surface area (Å²) in [5.74, 6) is 0. The van der Waals surface area contributed by atoms with Crippen molar-refractivity contribution in [3.8, 4) is 0 Å². The first-order valence-corrected chi connectivity index (χ1v) is 8.75. The molecule has 0 spiro atoms. The Bertz CT molecular complexity index is 905. The number of hydrogen-bond acceptors (Lipinski definition) is 4. The fraction of sp³-hybridized carbons (Fsp3) is 0.409. The van der Waals surface area contributed by atoms with Crippen LogP contribution in [0, 0.1) is 0 Å². The van der Waals surface area contributed by atoms with E-state index in [4.69, 9.17) is 16.3 Å². The van der Waals surface area contributed by atoms with Crippen LogP contribution in [0.1, 0.15) is 38.8 Å². The molecule has 0 saturated heterocycles. The zero-order valence-corrected chi connectivity index (χ0v) is 15.8. The van der Waals surface area contributed by atoms with E-state index in [0.717, 1.165) is 5.56 Å². The smallest absolute Gasteiger partial charge is 0.407 e. The molecule has 0 saturated carbocycles. The van der Waals surface area contributed by atoms with Crippen LogP contribution < -0.4 is 5.32 Å². The lowest BCUT2D eigenvalue weighted by atomic mass is 10.0. The number of alkyl carbamates (subject to hydrolysis) is 1. The third-order valence-electron chi connectivity index (χ3n) is 3.54. The Morgan fingerprint density at radius 1 is 1.15 bits per heavy atom. The number of aliphatic hydroxyl groups is 1. The maximum atomic E-state index is 12.3. The van der Waals surface area contributed by atoms with Gasteiger partial charge in [0.25, 0.3) is 0 Å². The predicted molar refractivity (Wildman–Crippen MR) is 105 cm³/mol. The third kappa shape index (κ3) is 8.24. The van der Waals surface area contributed by atoms with Crippen molar-refractivity contribution >= 4 is 6.09 Å². The molecule has 0 aliphatic carbocycles. The number of carbonyl (C=O) groups is 1. The molecule has 0 aliphatic heterocycles. The minimum atomic E-state index is -1.22. The summed E-state index contributed by atoms with van der Waals surface area (Å²) in [6.07, 6.45) is -2.22. The van der Waals surface area contributed by atoms with Crippen LogP contribution in [-0.2, 0) is 22.5 Å². The summed E-state index contributed by atoms with van der Waals surface area (Å²) in [5, 5.41) is 13.3. The zero-order valence-electron chi connectivity index (χ0n) is 20.8. The van der Waals surface area contributed by atoms with Crippen LogP contribution in [-0.4, -0.2) is 35.6 Å². The standard InChI is InChI=1S/C22H29NO4/c1-22(2,3)27-21(25)23-19(14-17-10-6-4-7-11-17)20(24)16-26-15-18-12-8-5-9-13-18/h4-13,19-20,24H,14-16H2,1-3H3,(H,23,25)/t19-,20+/m0/s1/i4D,6D,7D,10D,11D. The van der Waals surface area contributed by atoms with Crippen LogP contribution in [0.4, 0.5) is 4.79 Å². The molecule has 5 heteroatoms. The maximum absolute atomic E-state index is 12.3. The second-order valence-corrected chi connectivity index (χ2v) is 7.13. The second-order valence-electron chi connectivity index (χ2n) is 7.13. The average molecular weight is 377 g/mol. The molecule has 0 radical (unpaired) electrons. The molecule has 2 N–H and O–H groups in total. The molecule has 146 valence electrons. The summed E-state index contributed by atoms with van der Waals surface area (Å²) in [5.41, 5.74) is 0.112. The Kier molecular flexibility index (Phi) is 5.48. The number of benzene rings is 2. The number of rotatable bonds is 8. The van der Waals surface area contributed by atoms with Crippen molar-refractivity contribution in [3.05, 3.63) is 71.7 Å². The summed E-state index contributed by atoms with van der Waals surface area (Å²) < 4.78 is 50.5. The van der Waals surface area contributed by atoms with Crippen molar-refractivity contribution in [1.82, 2.24) is 5.32 Å². The van der Waals surface area contributed by atoms with Crippen LogP contribution in [0.25, 0.3) is 0 Å². The first-order valence-electron chi connectivity index (χ1n) is 11.3. The van der Waals surface area contributed by atoms with Gasteiger partial charge in [0.05, 0.1) is 32.2 Å². The zero-order chi connectivity index (χ0) is 24.1. The first kappa shape index (κ1) is 14.7. The van der Waals surface area contributed by atoms with Gasteiger partial charge in [-0.1, -0.05) is 60.5 Å². The molecular weight excluding hydrogens is 342 g/mol. The average Bonchev–Trinajstić information content (AvgIpc) is 2.72. The summed E-state index contributed by atoms with van der Waals surface area (Å²) in [6, 6.07) is 6.09. The Labute approximate surface area is 168 Å². The fourth-order valence-electron chi connectivity index (χ4n) is 2.33. The van der Waals surface area contributed by atoms with E-state index in [1.54, 1.807) is 20.8 Å². The molecule has 0 unspecified atom stereocenters. The monoisotopic (exact) mass is 376 g/mol. The molecule has 27 heavy (non-hydrogen) atoms. The highest BCUT2D eigenvalue weighted by molar-refractivity contribution is 5.68. The number of hydrogen-bond donors (Lipinski definition) is 2. The summed E-state index contributed by atoms with van der Waals surface area (Å²) >= 11 is 0. The van der Waals surface area contributed by atoms with Crippen molar-refractivity contribution in [2.45, 2.75) is 51.5 Å². The van der Waals surface area contributed by atoms with Gasteiger partial charge < -0.3 is 19.9 Å². The van der Waals surface area contributed by atoms with Crippen LogP contribution >= 0.6 is 0 Å². The molecule has 1 amide bonds. The SMILES string of the molecule is [2H]c1c([2H])c([2H])c(C[C@H](NC(=O)OC(C)(C)C)[C@H](O)COCc2ccccc2)c([2H])c1[2H]. The van der Waals surface area contributed by atoms with E-state index in [2.05, 4.69) is 5.32 Å². The minimum Gasteiger partial charge on any atom is -0.444 e. The van der Waals surface area contributed by atoms with Gasteiger partial charge in [-0.2, -0.15) is 0 Å². The highest BCUT2D eigenvalue weighted by Crippen LogP contribution is 2.11. The van der Waals surface area contributed by atoms with E-state index in [1.165, 1.54) is 0 Å². The largest absolute Gasteiger partial charge is 0.444 e. The van der Waals surface area contributed by atoms with E-state index < -0.39 is 42.0 Å². The Morgan fingerprint density at radius 3 is 2.44 bits per heavy atom. The molecule has 0 bridgehead atoms. The molecule has 2 rings (SSSR count). The van der Waals surface area contributed by atoms with Crippen molar-refractivity contribution in [2.75, 3.05) is 6.61 Å². The van der Waals surface area contributed by atoms with Crippen molar-refractivity contribution in [1.29, 1.82) is 0 Å². The van der Waals surface area contributed by atoms with Crippen LogP contribution in [0.3, 0.4) is 0 Å². The normalized spacial score (nSPS) is 16.2. The molecule has 2 aromatic rings. The van der Waals surface area contributed by atoms with Crippen LogP contribution in [0.5, 0.6) is 0 Å². The van der Waals surface area contributed by atoms with Gasteiger partial charge in [0.1, 0.15) is 5.60 Å². The Morgan fingerprint density at radius 2 is 1.81 bits per heavy atom. The molecule has 0 heterocycles. The quantitative estimate of drug-likeness (QED) is 0.737. The van der Waals surface area contributed by atoms with Crippen LogP contribution in [0.2, 0.25) is 0 Å². The van der Waals surface area contributed by atoms with Gasteiger partial charge in [-0.15, -0.1) is 0 Å². The van der Waals surface area contributed by atoms with Gasteiger partial charge in [0.2, 0.25) is 0 Å². The topological polar surface area (TPSA) is 67.8 Å². The van der Waals surface area contributed by atoms with E-state index in [9.17, 15) is 9.90 Å². The highest BCUT2D eigenvalue weighted by atomic mass is 16.6. The number of nitrogens with one attached hydrogen (secondary N) is 1. The first-order chi connectivity index (χ1) is 14.9.